The molecule has 0 aliphatic carbocycles. The maximum atomic E-state index is 11.5. The molecule has 15 heavy (non-hydrogen) atoms. The van der Waals surface area contributed by atoms with Gasteiger partial charge in [0.1, 0.15) is 6.10 Å². The number of cyclic esters (lactones) is 1. The average molecular weight is 211 g/mol. The Kier molecular flexibility index (Phi) is 2.67. The Labute approximate surface area is 89.4 Å². The molecule has 2 heterocycles. The van der Waals surface area contributed by atoms with E-state index in [1.165, 1.54) is 0 Å². The second-order valence-corrected chi connectivity index (χ2v) is 4.77. The number of amides is 1. The van der Waals surface area contributed by atoms with Gasteiger partial charge in [0.05, 0.1) is 12.0 Å². The Balaban J connectivity index is 1.97. The molecule has 0 aromatic heterocycles. The van der Waals surface area contributed by atoms with Crippen LogP contribution in [0.1, 0.15) is 33.1 Å². The van der Waals surface area contributed by atoms with Gasteiger partial charge in [-0.05, 0) is 18.8 Å². The van der Waals surface area contributed by atoms with Crippen LogP contribution >= 0.6 is 0 Å². The van der Waals surface area contributed by atoms with Crippen molar-refractivity contribution >= 4 is 11.9 Å². The molecule has 84 valence electrons. The minimum absolute atomic E-state index is 0.00695. The number of carbonyl (C=O) groups excluding carboxylic acids is 2. The zero-order valence-corrected chi connectivity index (χ0v) is 9.16. The Hall–Kier alpha value is -1.06. The molecular formula is C11H17NO3. The molecule has 1 amide bonds. The van der Waals surface area contributed by atoms with Gasteiger partial charge < -0.3 is 10.1 Å². The number of hydrogen-bond acceptors (Lipinski definition) is 3. The largest absolute Gasteiger partial charge is 0.460 e. The van der Waals surface area contributed by atoms with Crippen LogP contribution in [-0.4, -0.2) is 24.0 Å². The van der Waals surface area contributed by atoms with Crippen LogP contribution < -0.4 is 5.32 Å². The second kappa shape index (κ2) is 3.83. The van der Waals surface area contributed by atoms with Crippen molar-refractivity contribution in [3.8, 4) is 0 Å². The average Bonchev–Trinajstić information content (AvgIpc) is 2.71. The van der Waals surface area contributed by atoms with Gasteiger partial charge in [-0.2, -0.15) is 0 Å². The molecule has 2 saturated heterocycles. The van der Waals surface area contributed by atoms with E-state index in [9.17, 15) is 9.59 Å². The molecule has 0 aromatic carbocycles. The van der Waals surface area contributed by atoms with E-state index in [0.717, 1.165) is 12.8 Å². The zero-order chi connectivity index (χ0) is 11.0. The van der Waals surface area contributed by atoms with Crippen molar-refractivity contribution in [2.24, 2.45) is 11.8 Å². The summed E-state index contributed by atoms with van der Waals surface area (Å²) in [6, 6.07) is 0.0465. The Morgan fingerprint density at radius 2 is 2.13 bits per heavy atom. The topological polar surface area (TPSA) is 55.4 Å². The third-order valence-corrected chi connectivity index (χ3v) is 3.34. The lowest BCUT2D eigenvalue weighted by Crippen LogP contribution is -2.36. The van der Waals surface area contributed by atoms with Crippen LogP contribution in [0, 0.1) is 11.8 Å². The summed E-state index contributed by atoms with van der Waals surface area (Å²) in [5.41, 5.74) is 0. The number of rotatable bonds is 2. The number of esters is 1. The Bertz CT molecular complexity index is 288. The van der Waals surface area contributed by atoms with Crippen molar-refractivity contribution in [1.82, 2.24) is 5.32 Å². The van der Waals surface area contributed by atoms with Crippen molar-refractivity contribution in [3.63, 3.8) is 0 Å². The maximum Gasteiger partial charge on any atom is 0.309 e. The lowest BCUT2D eigenvalue weighted by molar-refractivity contribution is -0.146. The summed E-state index contributed by atoms with van der Waals surface area (Å²) in [5.74, 6) is 0.298. The van der Waals surface area contributed by atoms with E-state index in [1.54, 1.807) is 0 Å². The molecule has 2 rings (SSSR count). The predicted octanol–water partition coefficient (Wildman–Crippen LogP) is 0.853. The van der Waals surface area contributed by atoms with Crippen molar-refractivity contribution in [2.75, 3.05) is 0 Å². The van der Waals surface area contributed by atoms with Gasteiger partial charge in [0.2, 0.25) is 5.91 Å². The molecule has 0 bridgehead atoms. The van der Waals surface area contributed by atoms with Crippen molar-refractivity contribution in [2.45, 2.75) is 45.3 Å². The molecule has 0 radical (unpaired) electrons. The molecule has 2 fully saturated rings. The highest BCUT2D eigenvalue weighted by Crippen LogP contribution is 2.31. The lowest BCUT2D eigenvalue weighted by atomic mass is 9.91. The van der Waals surface area contributed by atoms with Crippen LogP contribution in [0.5, 0.6) is 0 Å². The second-order valence-electron chi connectivity index (χ2n) is 4.77. The molecule has 3 atom stereocenters. The van der Waals surface area contributed by atoms with Gasteiger partial charge in [-0.1, -0.05) is 13.8 Å². The number of nitrogens with one attached hydrogen (secondary N) is 1. The fraction of sp³-hybridized carbons (Fsp3) is 0.818. The zero-order valence-electron chi connectivity index (χ0n) is 9.16. The van der Waals surface area contributed by atoms with E-state index in [4.69, 9.17) is 4.74 Å². The van der Waals surface area contributed by atoms with Crippen molar-refractivity contribution in [1.29, 1.82) is 0 Å². The monoisotopic (exact) mass is 211 g/mol. The first-order chi connectivity index (χ1) is 7.08. The Morgan fingerprint density at radius 3 is 2.60 bits per heavy atom. The molecule has 0 spiro atoms. The maximum absolute atomic E-state index is 11.5. The molecule has 0 aromatic rings. The Morgan fingerprint density at radius 1 is 1.40 bits per heavy atom. The first-order valence-electron chi connectivity index (χ1n) is 5.58. The molecule has 1 N–H and O–H groups in total. The first kappa shape index (κ1) is 10.5. The SMILES string of the molecule is CC(C)[C@@H]1CC(C2CCC(=O)N2)OC1=O. The van der Waals surface area contributed by atoms with Gasteiger partial charge in [0.15, 0.2) is 0 Å². The lowest BCUT2D eigenvalue weighted by Gasteiger charge is -2.16. The summed E-state index contributed by atoms with van der Waals surface area (Å²) in [6.07, 6.45) is 2.00. The van der Waals surface area contributed by atoms with Gasteiger partial charge in [-0.25, -0.2) is 0 Å². The summed E-state index contributed by atoms with van der Waals surface area (Å²) in [5, 5.41) is 2.86. The first-order valence-corrected chi connectivity index (χ1v) is 5.58. The van der Waals surface area contributed by atoms with Crippen LogP contribution in [0.4, 0.5) is 0 Å². The van der Waals surface area contributed by atoms with E-state index < -0.39 is 0 Å². The third-order valence-electron chi connectivity index (χ3n) is 3.34. The minimum atomic E-state index is -0.101. The standard InChI is InChI=1S/C11H17NO3/c1-6(2)7-5-9(15-11(7)14)8-3-4-10(13)12-8/h6-9H,3-5H2,1-2H3,(H,12,13)/t7-,8?,9?/m0/s1. The van der Waals surface area contributed by atoms with Gasteiger partial charge in [-0.3, -0.25) is 9.59 Å². The van der Waals surface area contributed by atoms with Crippen LogP contribution in [0.2, 0.25) is 0 Å². The normalized spacial score (nSPS) is 35.8. The van der Waals surface area contributed by atoms with E-state index in [1.807, 2.05) is 13.8 Å². The number of carbonyl (C=O) groups is 2. The van der Waals surface area contributed by atoms with Crippen LogP contribution in [0.25, 0.3) is 0 Å². The highest BCUT2D eigenvalue weighted by molar-refractivity contribution is 5.79. The van der Waals surface area contributed by atoms with E-state index in [2.05, 4.69) is 5.32 Å². The van der Waals surface area contributed by atoms with E-state index in [-0.39, 0.29) is 29.9 Å². The van der Waals surface area contributed by atoms with E-state index in [0.29, 0.717) is 12.3 Å². The summed E-state index contributed by atoms with van der Waals surface area (Å²) in [6.45, 7) is 4.06. The van der Waals surface area contributed by atoms with Gasteiger partial charge >= 0.3 is 5.97 Å². The van der Waals surface area contributed by atoms with Crippen molar-refractivity contribution in [3.05, 3.63) is 0 Å². The van der Waals surface area contributed by atoms with Crippen LogP contribution in [-0.2, 0) is 14.3 Å². The minimum Gasteiger partial charge on any atom is -0.460 e. The summed E-state index contributed by atoms with van der Waals surface area (Å²) >= 11 is 0. The smallest absolute Gasteiger partial charge is 0.309 e. The molecule has 4 heteroatoms. The van der Waals surface area contributed by atoms with Crippen molar-refractivity contribution < 1.29 is 14.3 Å². The van der Waals surface area contributed by atoms with Gasteiger partial charge in [0, 0.05) is 6.42 Å². The van der Waals surface area contributed by atoms with Crippen LogP contribution in [0.15, 0.2) is 0 Å². The molecular weight excluding hydrogens is 194 g/mol. The van der Waals surface area contributed by atoms with Gasteiger partial charge in [0.25, 0.3) is 0 Å². The highest BCUT2D eigenvalue weighted by atomic mass is 16.6. The molecule has 2 aliphatic heterocycles. The fourth-order valence-corrected chi connectivity index (χ4v) is 2.34. The molecule has 4 nitrogen and oxygen atoms in total. The molecule has 0 saturated carbocycles. The summed E-state index contributed by atoms with van der Waals surface area (Å²) in [7, 11) is 0. The number of hydrogen-bond donors (Lipinski definition) is 1. The molecule has 2 aliphatic rings. The summed E-state index contributed by atoms with van der Waals surface area (Å²) < 4.78 is 5.31. The van der Waals surface area contributed by atoms with Gasteiger partial charge in [-0.15, -0.1) is 0 Å². The third kappa shape index (κ3) is 1.98. The van der Waals surface area contributed by atoms with Crippen LogP contribution in [0.3, 0.4) is 0 Å². The highest BCUT2D eigenvalue weighted by Gasteiger charge is 2.42. The summed E-state index contributed by atoms with van der Waals surface area (Å²) in [4.78, 5) is 22.6. The van der Waals surface area contributed by atoms with E-state index >= 15 is 0 Å². The predicted molar refractivity (Wildman–Crippen MR) is 54.0 cm³/mol. The quantitative estimate of drug-likeness (QED) is 0.689. The molecule has 2 unspecified atom stereocenters. The number of ether oxygens (including phenoxy) is 1. The fourth-order valence-electron chi connectivity index (χ4n) is 2.34.